The van der Waals surface area contributed by atoms with Crippen molar-refractivity contribution in [1.29, 1.82) is 0 Å². The Morgan fingerprint density at radius 2 is 1.90 bits per heavy atom. The first kappa shape index (κ1) is 22.3. The second-order valence-electron chi connectivity index (χ2n) is 8.03. The standard InChI is InChI=1S/C22H29ClN4O3/c1-16(28)25-22(13-7-3-4-8-14-22)21-24-19(30-26-21)11-12-20(29)27(2)15-17-9-5-6-10-18(17)23/h5-6,9-10H,3-4,7-8,11-15H2,1-2H3,(H,25,28). The molecule has 1 aliphatic rings. The molecule has 2 amide bonds. The maximum atomic E-state index is 12.5. The minimum atomic E-state index is -0.574. The van der Waals surface area contributed by atoms with E-state index in [9.17, 15) is 9.59 Å². The molecule has 8 heteroatoms. The normalized spacial score (nSPS) is 16.0. The van der Waals surface area contributed by atoms with Crippen molar-refractivity contribution < 1.29 is 14.1 Å². The Morgan fingerprint density at radius 3 is 2.57 bits per heavy atom. The van der Waals surface area contributed by atoms with Gasteiger partial charge in [0.15, 0.2) is 5.82 Å². The summed E-state index contributed by atoms with van der Waals surface area (Å²) in [5.41, 5.74) is 0.329. The van der Waals surface area contributed by atoms with Gasteiger partial charge in [-0.05, 0) is 24.5 Å². The summed E-state index contributed by atoms with van der Waals surface area (Å²) in [5.74, 6) is 0.810. The largest absolute Gasteiger partial charge is 0.343 e. The van der Waals surface area contributed by atoms with Crippen molar-refractivity contribution in [2.75, 3.05) is 7.05 Å². The molecule has 0 bridgehead atoms. The molecule has 1 heterocycles. The van der Waals surface area contributed by atoms with E-state index < -0.39 is 5.54 Å². The molecule has 0 spiro atoms. The molecule has 162 valence electrons. The zero-order chi connectivity index (χ0) is 21.6. The van der Waals surface area contributed by atoms with Crippen molar-refractivity contribution in [2.45, 2.75) is 70.4 Å². The van der Waals surface area contributed by atoms with Crippen molar-refractivity contribution in [2.24, 2.45) is 0 Å². The molecule has 0 radical (unpaired) electrons. The molecule has 2 aromatic rings. The summed E-state index contributed by atoms with van der Waals surface area (Å²) in [4.78, 5) is 30.5. The Labute approximate surface area is 182 Å². The number of halogens is 1. The van der Waals surface area contributed by atoms with Gasteiger partial charge in [-0.3, -0.25) is 9.59 Å². The highest BCUT2D eigenvalue weighted by atomic mass is 35.5. The van der Waals surface area contributed by atoms with Crippen LogP contribution in [-0.4, -0.2) is 33.9 Å². The van der Waals surface area contributed by atoms with Gasteiger partial charge < -0.3 is 14.7 Å². The van der Waals surface area contributed by atoms with Gasteiger partial charge in [-0.25, -0.2) is 0 Å². The Hall–Kier alpha value is -2.41. The number of hydrogen-bond donors (Lipinski definition) is 1. The predicted molar refractivity (Wildman–Crippen MR) is 114 cm³/mol. The minimum Gasteiger partial charge on any atom is -0.343 e. The fraction of sp³-hybridized carbons (Fsp3) is 0.545. The third-order valence-electron chi connectivity index (χ3n) is 5.61. The monoisotopic (exact) mass is 432 g/mol. The molecule has 1 aliphatic carbocycles. The average Bonchev–Trinajstić information content (AvgIpc) is 3.07. The average molecular weight is 433 g/mol. The topological polar surface area (TPSA) is 88.3 Å². The number of amides is 2. The van der Waals surface area contributed by atoms with Crippen LogP contribution in [0.3, 0.4) is 0 Å². The van der Waals surface area contributed by atoms with Gasteiger partial charge in [0, 0.05) is 38.4 Å². The maximum absolute atomic E-state index is 12.5. The zero-order valence-electron chi connectivity index (χ0n) is 17.6. The van der Waals surface area contributed by atoms with Crippen LogP contribution in [-0.2, 0) is 28.1 Å². The molecule has 7 nitrogen and oxygen atoms in total. The highest BCUT2D eigenvalue weighted by Gasteiger charge is 2.38. The number of nitrogens with one attached hydrogen (secondary N) is 1. The number of carbonyl (C=O) groups excluding carboxylic acids is 2. The number of aromatic nitrogens is 2. The number of rotatable bonds is 7. The highest BCUT2D eigenvalue weighted by Crippen LogP contribution is 2.34. The van der Waals surface area contributed by atoms with Gasteiger partial charge in [0.1, 0.15) is 5.54 Å². The molecule has 0 aliphatic heterocycles. The molecule has 1 aromatic heterocycles. The Bertz CT molecular complexity index is 875. The van der Waals surface area contributed by atoms with Crippen LogP contribution in [0, 0.1) is 0 Å². The first-order valence-electron chi connectivity index (χ1n) is 10.5. The van der Waals surface area contributed by atoms with Crippen LogP contribution < -0.4 is 5.32 Å². The molecule has 30 heavy (non-hydrogen) atoms. The van der Waals surface area contributed by atoms with E-state index in [2.05, 4.69) is 15.5 Å². The van der Waals surface area contributed by atoms with E-state index in [0.29, 0.717) is 29.7 Å². The van der Waals surface area contributed by atoms with Crippen LogP contribution >= 0.6 is 11.6 Å². The van der Waals surface area contributed by atoms with E-state index in [1.807, 2.05) is 24.3 Å². The van der Waals surface area contributed by atoms with Crippen molar-refractivity contribution in [3.63, 3.8) is 0 Å². The lowest BCUT2D eigenvalue weighted by Crippen LogP contribution is -2.45. The van der Waals surface area contributed by atoms with Gasteiger partial charge in [-0.15, -0.1) is 0 Å². The lowest BCUT2D eigenvalue weighted by Gasteiger charge is -2.30. The van der Waals surface area contributed by atoms with Gasteiger partial charge in [-0.1, -0.05) is 60.6 Å². The number of carbonyl (C=O) groups is 2. The number of aryl methyl sites for hydroxylation is 1. The molecule has 0 unspecified atom stereocenters. The van der Waals surface area contributed by atoms with Crippen LogP contribution in [0.5, 0.6) is 0 Å². The maximum Gasteiger partial charge on any atom is 0.227 e. The fourth-order valence-electron chi connectivity index (χ4n) is 4.00. The number of benzene rings is 1. The summed E-state index contributed by atoms with van der Waals surface area (Å²) in [7, 11) is 1.75. The van der Waals surface area contributed by atoms with Gasteiger partial charge in [0.25, 0.3) is 0 Å². The summed E-state index contributed by atoms with van der Waals surface area (Å²) in [6, 6.07) is 7.49. The van der Waals surface area contributed by atoms with Crippen LogP contribution in [0.1, 0.15) is 69.1 Å². The number of hydrogen-bond acceptors (Lipinski definition) is 5. The fourth-order valence-corrected chi connectivity index (χ4v) is 4.19. The third-order valence-corrected chi connectivity index (χ3v) is 5.98. The summed E-state index contributed by atoms with van der Waals surface area (Å²) in [5, 5.41) is 7.88. The SMILES string of the molecule is CC(=O)NC1(c2noc(CCC(=O)N(C)Cc3ccccc3Cl)n2)CCCCCC1. The first-order valence-corrected chi connectivity index (χ1v) is 10.9. The first-order chi connectivity index (χ1) is 14.4. The molecular weight excluding hydrogens is 404 g/mol. The van der Waals surface area contributed by atoms with Gasteiger partial charge >= 0.3 is 0 Å². The minimum absolute atomic E-state index is 0.0271. The van der Waals surface area contributed by atoms with Gasteiger partial charge in [-0.2, -0.15) is 4.98 Å². The van der Waals surface area contributed by atoms with E-state index in [1.165, 1.54) is 6.92 Å². The van der Waals surface area contributed by atoms with Crippen molar-refractivity contribution in [3.8, 4) is 0 Å². The van der Waals surface area contributed by atoms with E-state index in [4.69, 9.17) is 16.1 Å². The molecule has 0 saturated heterocycles. The van der Waals surface area contributed by atoms with E-state index >= 15 is 0 Å². The predicted octanol–water partition coefficient (Wildman–Crippen LogP) is 4.00. The smallest absolute Gasteiger partial charge is 0.227 e. The molecule has 1 N–H and O–H groups in total. The van der Waals surface area contributed by atoms with Gasteiger partial charge in [0.2, 0.25) is 17.7 Å². The van der Waals surface area contributed by atoms with Crippen LogP contribution in [0.25, 0.3) is 0 Å². The van der Waals surface area contributed by atoms with E-state index in [0.717, 1.165) is 44.1 Å². The highest BCUT2D eigenvalue weighted by molar-refractivity contribution is 6.31. The molecule has 3 rings (SSSR count). The molecule has 1 aromatic carbocycles. The summed E-state index contributed by atoms with van der Waals surface area (Å²) in [6.45, 7) is 1.96. The Morgan fingerprint density at radius 1 is 1.20 bits per heavy atom. The van der Waals surface area contributed by atoms with Crippen LogP contribution in [0.2, 0.25) is 5.02 Å². The lowest BCUT2D eigenvalue weighted by atomic mass is 9.89. The van der Waals surface area contributed by atoms with Crippen LogP contribution in [0.15, 0.2) is 28.8 Å². The quantitative estimate of drug-likeness (QED) is 0.668. The molecular formula is C22H29ClN4O3. The second-order valence-corrected chi connectivity index (χ2v) is 8.44. The zero-order valence-corrected chi connectivity index (χ0v) is 18.4. The Kier molecular flexibility index (Phi) is 7.48. The Balaban J connectivity index is 1.62. The summed E-state index contributed by atoms with van der Waals surface area (Å²) >= 11 is 6.18. The number of nitrogens with zero attached hydrogens (tertiary/aromatic N) is 3. The molecule has 1 fully saturated rings. The lowest BCUT2D eigenvalue weighted by molar-refractivity contribution is -0.130. The van der Waals surface area contributed by atoms with E-state index in [-0.39, 0.29) is 18.2 Å². The van der Waals surface area contributed by atoms with Crippen molar-refractivity contribution >= 4 is 23.4 Å². The molecule has 1 saturated carbocycles. The second kappa shape index (κ2) is 10.1. The molecule has 0 atom stereocenters. The van der Waals surface area contributed by atoms with Gasteiger partial charge in [0.05, 0.1) is 0 Å². The summed E-state index contributed by atoms with van der Waals surface area (Å²) < 4.78 is 5.43. The van der Waals surface area contributed by atoms with E-state index in [1.54, 1.807) is 11.9 Å². The van der Waals surface area contributed by atoms with Crippen molar-refractivity contribution in [1.82, 2.24) is 20.4 Å². The summed E-state index contributed by atoms with van der Waals surface area (Å²) in [6.07, 6.45) is 6.50. The third kappa shape index (κ3) is 5.59. The van der Waals surface area contributed by atoms with Crippen molar-refractivity contribution in [3.05, 3.63) is 46.6 Å². The van der Waals surface area contributed by atoms with Crippen LogP contribution in [0.4, 0.5) is 0 Å².